The van der Waals surface area contributed by atoms with E-state index in [0.717, 1.165) is 36.6 Å². The maximum absolute atomic E-state index is 10.9. The summed E-state index contributed by atoms with van der Waals surface area (Å²) in [5.41, 5.74) is 1.26. The molecule has 0 N–H and O–H groups in total. The topological polar surface area (TPSA) is 74.1 Å². The smallest absolute Gasteiger partial charge is 0.269 e. The molecule has 150 valence electrons. The fourth-order valence-electron chi connectivity index (χ4n) is 3.83. The summed E-state index contributed by atoms with van der Waals surface area (Å²) in [6.07, 6.45) is 1.00. The van der Waals surface area contributed by atoms with Crippen molar-refractivity contribution in [3.63, 3.8) is 0 Å². The zero-order valence-electron chi connectivity index (χ0n) is 15.6. The van der Waals surface area contributed by atoms with Gasteiger partial charge in [0.25, 0.3) is 5.69 Å². The highest BCUT2D eigenvalue weighted by Crippen LogP contribution is 2.37. The van der Waals surface area contributed by atoms with Gasteiger partial charge >= 0.3 is 0 Å². The number of nitrogens with zero attached hydrogens (tertiary/aromatic N) is 2. The number of nitro benzene ring substituents is 1. The Bertz CT molecular complexity index is 830. The van der Waals surface area contributed by atoms with Gasteiger partial charge in [0.05, 0.1) is 11.5 Å². The molecule has 2 aromatic carbocycles. The summed E-state index contributed by atoms with van der Waals surface area (Å²) in [7, 11) is 2.11. The molecule has 7 nitrogen and oxygen atoms in total. The second-order valence-corrected chi connectivity index (χ2v) is 7.09. The molecule has 2 aromatic rings. The Morgan fingerprint density at radius 3 is 2.68 bits per heavy atom. The van der Waals surface area contributed by atoms with Crippen molar-refractivity contribution in [2.75, 3.05) is 33.5 Å². The summed E-state index contributed by atoms with van der Waals surface area (Å²) in [5, 5.41) is 10.9. The van der Waals surface area contributed by atoms with E-state index in [0.29, 0.717) is 24.2 Å². The molecule has 0 amide bonds. The van der Waals surface area contributed by atoms with E-state index < -0.39 is 0 Å². The van der Waals surface area contributed by atoms with E-state index in [2.05, 4.69) is 11.9 Å². The lowest BCUT2D eigenvalue weighted by atomic mass is 9.81. The van der Waals surface area contributed by atoms with Crippen LogP contribution in [0.1, 0.15) is 17.9 Å². The predicted molar refractivity (Wildman–Crippen MR) is 107 cm³/mol. The van der Waals surface area contributed by atoms with Gasteiger partial charge in [-0.05, 0) is 43.6 Å². The quantitative estimate of drug-likeness (QED) is 0.554. The van der Waals surface area contributed by atoms with Crippen molar-refractivity contribution in [1.29, 1.82) is 0 Å². The normalized spacial score (nSPS) is 21.0. The van der Waals surface area contributed by atoms with Gasteiger partial charge in [-0.15, -0.1) is 12.4 Å². The van der Waals surface area contributed by atoms with E-state index in [-0.39, 0.29) is 29.8 Å². The first-order chi connectivity index (χ1) is 13.1. The molecule has 0 aromatic heterocycles. The molecule has 0 saturated carbocycles. The SMILES string of the molecule is CN1CC[C@@H](c2ccc([N+](=O)[O-])cc2)[C@H](COc2ccc3c(c2)OCO3)C1.Cl. The van der Waals surface area contributed by atoms with Gasteiger partial charge in [0.2, 0.25) is 6.79 Å². The van der Waals surface area contributed by atoms with Gasteiger partial charge in [-0.2, -0.15) is 0 Å². The largest absolute Gasteiger partial charge is 0.493 e. The molecule has 0 spiro atoms. The van der Waals surface area contributed by atoms with E-state index in [4.69, 9.17) is 14.2 Å². The Morgan fingerprint density at radius 1 is 1.18 bits per heavy atom. The molecular formula is C20H23ClN2O5. The molecule has 0 aliphatic carbocycles. The fourth-order valence-corrected chi connectivity index (χ4v) is 3.83. The fraction of sp³-hybridized carbons (Fsp3) is 0.400. The molecule has 2 aliphatic rings. The van der Waals surface area contributed by atoms with E-state index in [9.17, 15) is 10.1 Å². The molecule has 1 fully saturated rings. The second-order valence-electron chi connectivity index (χ2n) is 7.09. The first kappa shape index (κ1) is 20.2. The summed E-state index contributed by atoms with van der Waals surface area (Å²) in [4.78, 5) is 12.8. The highest BCUT2D eigenvalue weighted by molar-refractivity contribution is 5.85. The molecule has 28 heavy (non-hydrogen) atoms. The molecule has 0 unspecified atom stereocenters. The summed E-state index contributed by atoms with van der Waals surface area (Å²) >= 11 is 0. The van der Waals surface area contributed by atoms with E-state index in [1.807, 2.05) is 30.3 Å². The van der Waals surface area contributed by atoms with Crippen LogP contribution in [-0.2, 0) is 0 Å². The van der Waals surface area contributed by atoms with Gasteiger partial charge in [-0.3, -0.25) is 10.1 Å². The van der Waals surface area contributed by atoms with Gasteiger partial charge in [-0.25, -0.2) is 0 Å². The van der Waals surface area contributed by atoms with Crippen LogP contribution in [0.15, 0.2) is 42.5 Å². The van der Waals surface area contributed by atoms with Gasteiger partial charge in [0.15, 0.2) is 11.5 Å². The summed E-state index contributed by atoms with van der Waals surface area (Å²) in [5.74, 6) is 2.82. The van der Waals surface area contributed by atoms with Crippen LogP contribution in [0.25, 0.3) is 0 Å². The number of piperidine rings is 1. The van der Waals surface area contributed by atoms with Crippen LogP contribution >= 0.6 is 12.4 Å². The first-order valence-corrected chi connectivity index (χ1v) is 9.05. The van der Waals surface area contributed by atoms with Crippen molar-refractivity contribution in [3.8, 4) is 17.2 Å². The summed E-state index contributed by atoms with van der Waals surface area (Å²) in [6, 6.07) is 12.5. The average molecular weight is 407 g/mol. The van der Waals surface area contributed by atoms with Crippen molar-refractivity contribution in [1.82, 2.24) is 4.90 Å². The van der Waals surface area contributed by atoms with Gasteiger partial charge in [0.1, 0.15) is 5.75 Å². The Labute approximate surface area is 169 Å². The van der Waals surface area contributed by atoms with Crippen molar-refractivity contribution in [2.45, 2.75) is 12.3 Å². The number of halogens is 1. The third-order valence-corrected chi connectivity index (χ3v) is 5.28. The van der Waals surface area contributed by atoms with Crippen LogP contribution in [0.5, 0.6) is 17.2 Å². The molecule has 0 bridgehead atoms. The molecule has 2 atom stereocenters. The number of nitro groups is 1. The highest BCUT2D eigenvalue weighted by Gasteiger charge is 2.30. The van der Waals surface area contributed by atoms with Crippen LogP contribution in [0, 0.1) is 16.0 Å². The third kappa shape index (κ3) is 4.31. The van der Waals surface area contributed by atoms with Crippen LogP contribution in [0.2, 0.25) is 0 Å². The summed E-state index contributed by atoms with van der Waals surface area (Å²) in [6.45, 7) is 2.74. The minimum Gasteiger partial charge on any atom is -0.493 e. The predicted octanol–water partition coefficient (Wildman–Crippen LogP) is 3.86. The minimum atomic E-state index is -0.362. The van der Waals surface area contributed by atoms with Crippen LogP contribution in [0.3, 0.4) is 0 Å². The standard InChI is InChI=1S/C20H22N2O5.ClH/c1-21-9-8-18(14-2-4-16(5-3-14)22(23)24)15(11-21)12-25-17-6-7-19-20(10-17)27-13-26-19;/h2-7,10,15,18H,8-9,11-13H2,1H3;1H/t15-,18-;/m0./s1. The lowest BCUT2D eigenvalue weighted by molar-refractivity contribution is -0.384. The first-order valence-electron chi connectivity index (χ1n) is 9.05. The van der Waals surface area contributed by atoms with Crippen LogP contribution in [0.4, 0.5) is 5.69 Å². The zero-order chi connectivity index (χ0) is 18.8. The maximum atomic E-state index is 10.9. The Hall–Kier alpha value is -2.51. The number of fused-ring (bicyclic) bond motifs is 1. The molecule has 2 aliphatic heterocycles. The second kappa shape index (κ2) is 8.67. The number of non-ortho nitro benzene ring substituents is 1. The average Bonchev–Trinajstić information content (AvgIpc) is 3.14. The lowest BCUT2D eigenvalue weighted by Gasteiger charge is -2.37. The molecule has 0 radical (unpaired) electrons. The zero-order valence-corrected chi connectivity index (χ0v) is 16.4. The van der Waals surface area contributed by atoms with Crippen LogP contribution in [-0.4, -0.2) is 43.4 Å². The Kier molecular flexibility index (Phi) is 6.26. The Balaban J connectivity index is 0.00000225. The van der Waals surface area contributed by atoms with E-state index in [1.54, 1.807) is 12.1 Å². The van der Waals surface area contributed by atoms with Crippen molar-refractivity contribution in [2.24, 2.45) is 5.92 Å². The summed E-state index contributed by atoms with van der Waals surface area (Å²) < 4.78 is 16.8. The van der Waals surface area contributed by atoms with Crippen molar-refractivity contribution >= 4 is 18.1 Å². The number of likely N-dealkylation sites (tertiary alicyclic amines) is 1. The van der Waals surface area contributed by atoms with E-state index in [1.165, 1.54) is 0 Å². The molecular weight excluding hydrogens is 384 g/mol. The third-order valence-electron chi connectivity index (χ3n) is 5.28. The number of ether oxygens (including phenoxy) is 3. The monoisotopic (exact) mass is 406 g/mol. The number of rotatable bonds is 5. The Morgan fingerprint density at radius 2 is 1.93 bits per heavy atom. The maximum Gasteiger partial charge on any atom is 0.269 e. The number of hydrogen-bond donors (Lipinski definition) is 0. The number of hydrogen-bond acceptors (Lipinski definition) is 6. The van der Waals surface area contributed by atoms with E-state index >= 15 is 0 Å². The van der Waals surface area contributed by atoms with Crippen LogP contribution < -0.4 is 14.2 Å². The van der Waals surface area contributed by atoms with Gasteiger partial charge in [0, 0.05) is 30.7 Å². The molecule has 8 heteroatoms. The highest BCUT2D eigenvalue weighted by atomic mass is 35.5. The number of benzene rings is 2. The van der Waals surface area contributed by atoms with Gasteiger partial charge < -0.3 is 19.1 Å². The molecule has 1 saturated heterocycles. The minimum absolute atomic E-state index is 0. The molecule has 4 rings (SSSR count). The lowest BCUT2D eigenvalue weighted by Crippen LogP contribution is -2.39. The molecule has 2 heterocycles. The van der Waals surface area contributed by atoms with Crippen molar-refractivity contribution in [3.05, 3.63) is 58.1 Å². The van der Waals surface area contributed by atoms with Gasteiger partial charge in [-0.1, -0.05) is 12.1 Å². The van der Waals surface area contributed by atoms with Crippen molar-refractivity contribution < 1.29 is 19.1 Å².